The molecule has 0 spiro atoms. The molecular formula is C27H39N3. The van der Waals surface area contributed by atoms with Crippen LogP contribution < -0.4 is 0 Å². The van der Waals surface area contributed by atoms with E-state index in [0.717, 1.165) is 53.7 Å². The molecule has 4 aliphatic rings. The lowest BCUT2D eigenvalue weighted by molar-refractivity contribution is -0.0728. The van der Waals surface area contributed by atoms with Crippen LogP contribution in [0.3, 0.4) is 0 Å². The molecule has 162 valence electrons. The number of aromatic nitrogens is 2. The molecule has 3 unspecified atom stereocenters. The van der Waals surface area contributed by atoms with Crippen LogP contribution in [0, 0.1) is 64.1 Å². The van der Waals surface area contributed by atoms with E-state index in [4.69, 9.17) is 5.26 Å². The third kappa shape index (κ3) is 3.39. The third-order valence-corrected chi connectivity index (χ3v) is 10.3. The molecule has 0 aliphatic heterocycles. The summed E-state index contributed by atoms with van der Waals surface area (Å²) in [4.78, 5) is 8.95. The summed E-state index contributed by atoms with van der Waals surface area (Å²) < 4.78 is 0. The molecular weight excluding hydrogens is 366 g/mol. The number of nitrogens with zero attached hydrogens (tertiary/aromatic N) is 3. The van der Waals surface area contributed by atoms with Gasteiger partial charge in [0.1, 0.15) is 17.6 Å². The number of fused-ring (bicyclic) bond motifs is 5. The number of hydrogen-bond acceptors (Lipinski definition) is 3. The van der Waals surface area contributed by atoms with E-state index in [1.807, 2.05) is 0 Å². The van der Waals surface area contributed by atoms with Crippen molar-refractivity contribution in [3.63, 3.8) is 0 Å². The van der Waals surface area contributed by atoms with Crippen LogP contribution in [-0.2, 0) is 6.42 Å². The summed E-state index contributed by atoms with van der Waals surface area (Å²) in [5.74, 6) is 8.25. The Kier molecular flexibility index (Phi) is 5.41. The second kappa shape index (κ2) is 7.92. The molecule has 9 atom stereocenters. The zero-order valence-electron chi connectivity index (χ0n) is 19.2. The van der Waals surface area contributed by atoms with Crippen molar-refractivity contribution in [2.24, 2.45) is 52.8 Å². The minimum Gasteiger partial charge on any atom is -0.241 e. The lowest BCUT2D eigenvalue weighted by Gasteiger charge is -2.56. The summed E-state index contributed by atoms with van der Waals surface area (Å²) in [6, 6.07) is 3.88. The molecule has 30 heavy (non-hydrogen) atoms. The van der Waals surface area contributed by atoms with Gasteiger partial charge in [-0.3, -0.25) is 0 Å². The fourth-order valence-electron chi connectivity index (χ4n) is 9.05. The van der Waals surface area contributed by atoms with E-state index in [1.165, 1.54) is 57.8 Å². The van der Waals surface area contributed by atoms with Gasteiger partial charge in [-0.05, 0) is 110 Å². The minimum atomic E-state index is 0.502. The number of rotatable bonds is 3. The summed E-state index contributed by atoms with van der Waals surface area (Å²) in [7, 11) is 0. The van der Waals surface area contributed by atoms with Gasteiger partial charge >= 0.3 is 0 Å². The molecule has 0 aromatic carbocycles. The van der Waals surface area contributed by atoms with Crippen LogP contribution in [0.1, 0.15) is 90.1 Å². The number of nitriles is 1. The quantitative estimate of drug-likeness (QED) is 0.582. The van der Waals surface area contributed by atoms with Gasteiger partial charge in [0.05, 0.1) is 0 Å². The Labute approximate surface area is 183 Å². The van der Waals surface area contributed by atoms with Crippen molar-refractivity contribution in [1.29, 1.82) is 5.26 Å². The first-order valence-corrected chi connectivity index (χ1v) is 12.7. The van der Waals surface area contributed by atoms with Gasteiger partial charge < -0.3 is 0 Å². The first kappa shape index (κ1) is 20.5. The predicted molar refractivity (Wildman–Crippen MR) is 119 cm³/mol. The molecule has 4 aliphatic carbocycles. The first-order chi connectivity index (χ1) is 14.5. The van der Waals surface area contributed by atoms with E-state index in [0.29, 0.717) is 17.0 Å². The maximum atomic E-state index is 9.17. The van der Waals surface area contributed by atoms with Gasteiger partial charge in [-0.1, -0.05) is 27.2 Å². The van der Waals surface area contributed by atoms with Gasteiger partial charge in [0.25, 0.3) is 0 Å². The molecule has 0 N–H and O–H groups in total. The molecule has 0 radical (unpaired) electrons. The van der Waals surface area contributed by atoms with Crippen LogP contribution in [0.15, 0.2) is 12.3 Å². The Balaban J connectivity index is 1.31. The molecule has 4 saturated carbocycles. The Morgan fingerprint density at radius 2 is 1.93 bits per heavy atom. The second-order valence-corrected chi connectivity index (χ2v) is 11.7. The molecule has 3 nitrogen and oxygen atoms in total. The number of hydrogen-bond donors (Lipinski definition) is 0. The highest BCUT2D eigenvalue weighted by Crippen LogP contribution is 2.65. The highest BCUT2D eigenvalue weighted by Gasteiger charge is 2.57. The van der Waals surface area contributed by atoms with Gasteiger partial charge in [-0.2, -0.15) is 5.26 Å². The van der Waals surface area contributed by atoms with Gasteiger partial charge in [0, 0.05) is 12.6 Å². The van der Waals surface area contributed by atoms with Crippen LogP contribution in [-0.4, -0.2) is 9.97 Å². The molecule has 5 rings (SSSR count). The molecule has 0 amide bonds. The normalized spacial score (nSPS) is 43.7. The summed E-state index contributed by atoms with van der Waals surface area (Å²) in [6.07, 6.45) is 15.9. The lowest BCUT2D eigenvalue weighted by Crippen LogP contribution is -2.49. The van der Waals surface area contributed by atoms with Crippen molar-refractivity contribution in [3.05, 3.63) is 23.8 Å². The maximum Gasteiger partial charge on any atom is 0.144 e. The lowest BCUT2D eigenvalue weighted by atomic mass is 9.48. The molecule has 1 aromatic heterocycles. The van der Waals surface area contributed by atoms with Crippen molar-refractivity contribution >= 4 is 0 Å². The van der Waals surface area contributed by atoms with Gasteiger partial charge in [0.15, 0.2) is 0 Å². The third-order valence-electron chi connectivity index (χ3n) is 10.3. The van der Waals surface area contributed by atoms with Crippen molar-refractivity contribution in [3.8, 4) is 6.07 Å². The Bertz CT molecular complexity index is 813. The monoisotopic (exact) mass is 405 g/mol. The van der Waals surface area contributed by atoms with Crippen LogP contribution in [0.25, 0.3) is 0 Å². The minimum absolute atomic E-state index is 0.502. The zero-order valence-corrected chi connectivity index (χ0v) is 19.2. The van der Waals surface area contributed by atoms with Gasteiger partial charge in [-0.25, -0.2) is 9.97 Å². The van der Waals surface area contributed by atoms with Gasteiger partial charge in [0.2, 0.25) is 0 Å². The summed E-state index contributed by atoms with van der Waals surface area (Å²) in [5.41, 5.74) is 1.00. The molecule has 1 heterocycles. The van der Waals surface area contributed by atoms with Crippen LogP contribution in [0.5, 0.6) is 0 Å². The molecule has 4 fully saturated rings. The fourth-order valence-corrected chi connectivity index (χ4v) is 9.05. The van der Waals surface area contributed by atoms with E-state index in [2.05, 4.69) is 36.8 Å². The summed E-state index contributed by atoms with van der Waals surface area (Å²) in [6.45, 7) is 7.55. The smallest absolute Gasteiger partial charge is 0.144 e. The predicted octanol–water partition coefficient (Wildman–Crippen LogP) is 6.43. The van der Waals surface area contributed by atoms with Crippen LogP contribution >= 0.6 is 0 Å². The SMILES string of the molecule is C[C@H]1CC[C@@H]2C3CC[C@@]4(C)C(CCC4[C@@H](C)Cc4nccc(C#N)n4)[C@@H]3CC[C@@H]2C1. The van der Waals surface area contributed by atoms with Crippen molar-refractivity contribution in [2.75, 3.05) is 0 Å². The molecule has 0 saturated heterocycles. The topological polar surface area (TPSA) is 49.6 Å². The van der Waals surface area contributed by atoms with Crippen molar-refractivity contribution < 1.29 is 0 Å². The summed E-state index contributed by atoms with van der Waals surface area (Å²) >= 11 is 0. The standard InChI is InChI=1S/C27H39N3/c1-17-4-6-21-19(14-17)5-7-23-22(21)10-12-27(3)24(8-9-25(23)27)18(2)15-26-29-13-11-20(16-28)30-26/h11,13,17-19,21-25H,4-10,12,14-15H2,1-3H3/t17-,18-,19+,21-,22?,23+,24?,25?,27+/m0/s1. The fraction of sp³-hybridized carbons (Fsp3) is 0.815. The second-order valence-electron chi connectivity index (χ2n) is 11.7. The van der Waals surface area contributed by atoms with Crippen molar-refractivity contribution in [2.45, 2.75) is 85.0 Å². The molecule has 0 bridgehead atoms. The zero-order chi connectivity index (χ0) is 20.9. The highest BCUT2D eigenvalue weighted by molar-refractivity contribution is 5.18. The summed E-state index contributed by atoms with van der Waals surface area (Å²) in [5, 5.41) is 9.17. The van der Waals surface area contributed by atoms with E-state index in [1.54, 1.807) is 12.3 Å². The highest BCUT2D eigenvalue weighted by atomic mass is 14.9. The largest absolute Gasteiger partial charge is 0.241 e. The Morgan fingerprint density at radius 3 is 2.77 bits per heavy atom. The first-order valence-electron chi connectivity index (χ1n) is 12.7. The average Bonchev–Trinajstić information content (AvgIpc) is 3.10. The maximum absolute atomic E-state index is 9.17. The average molecular weight is 406 g/mol. The van der Waals surface area contributed by atoms with Gasteiger partial charge in [-0.15, -0.1) is 0 Å². The van der Waals surface area contributed by atoms with E-state index in [9.17, 15) is 0 Å². The van der Waals surface area contributed by atoms with Crippen LogP contribution in [0.2, 0.25) is 0 Å². The Hall–Kier alpha value is -1.43. The van der Waals surface area contributed by atoms with E-state index >= 15 is 0 Å². The van der Waals surface area contributed by atoms with E-state index < -0.39 is 0 Å². The van der Waals surface area contributed by atoms with E-state index in [-0.39, 0.29) is 0 Å². The molecule has 3 heteroatoms. The molecule has 1 aromatic rings. The van der Waals surface area contributed by atoms with Crippen molar-refractivity contribution in [1.82, 2.24) is 9.97 Å². The Morgan fingerprint density at radius 1 is 1.10 bits per heavy atom. The van der Waals surface area contributed by atoms with Crippen LogP contribution in [0.4, 0.5) is 0 Å².